The first kappa shape index (κ1) is 30.3. The Kier molecular flexibility index (Phi) is 6.84. The zero-order chi connectivity index (χ0) is 34.8. The second-order valence-electron chi connectivity index (χ2n) is 14.2. The molecular weight excluding hydrogens is 633 g/mol. The second kappa shape index (κ2) is 11.8. The van der Waals surface area contributed by atoms with E-state index in [0.29, 0.717) is 0 Å². The van der Waals surface area contributed by atoms with Crippen molar-refractivity contribution in [1.29, 1.82) is 0 Å². The van der Waals surface area contributed by atoms with Gasteiger partial charge in [0.1, 0.15) is 0 Å². The van der Waals surface area contributed by atoms with Gasteiger partial charge in [0.05, 0.1) is 22.7 Å². The predicted octanol–water partition coefficient (Wildman–Crippen LogP) is 13.9. The fraction of sp³-hybridized carbons (Fsp3) is 0.0612. The molecule has 0 N–H and O–H groups in total. The van der Waals surface area contributed by atoms with Crippen LogP contribution in [-0.2, 0) is 5.41 Å². The minimum Gasteiger partial charge on any atom is -0.453 e. The number of hydrogen-bond donors (Lipinski definition) is 0. The molecule has 0 spiro atoms. The molecule has 10 rings (SSSR count). The zero-order valence-corrected chi connectivity index (χ0v) is 29.1. The molecule has 0 aliphatic carbocycles. The summed E-state index contributed by atoms with van der Waals surface area (Å²) in [6.45, 7) is 4.69. The summed E-state index contributed by atoms with van der Waals surface area (Å²) in [6, 6.07) is 65.4. The van der Waals surface area contributed by atoms with Crippen molar-refractivity contribution in [3.8, 4) is 33.8 Å². The maximum Gasteiger partial charge on any atom is 0.152 e. The van der Waals surface area contributed by atoms with E-state index in [0.717, 1.165) is 39.9 Å². The van der Waals surface area contributed by atoms with Crippen LogP contribution in [-0.4, -0.2) is 0 Å². The third-order valence-electron chi connectivity index (χ3n) is 10.8. The van der Waals surface area contributed by atoms with Gasteiger partial charge in [-0.15, -0.1) is 0 Å². The van der Waals surface area contributed by atoms with E-state index in [4.69, 9.17) is 4.74 Å². The standard InChI is InChI=1S/C49H36N2O/c1-49(2)41-21-13-23-45-48(41)51(47-40-20-10-9-18-36(40)26-31-46(47)52-45)44-30-29-38(32-42(44)49)50(37-27-24-34(25-28-37)33-14-5-3-6-15-33)43-22-12-11-19-39(43)35-16-7-4-8-17-35/h3-32H,1-2H3. The topological polar surface area (TPSA) is 15.7 Å². The van der Waals surface area contributed by atoms with E-state index in [-0.39, 0.29) is 5.41 Å². The Morgan fingerprint density at radius 1 is 0.481 bits per heavy atom. The van der Waals surface area contributed by atoms with Gasteiger partial charge in [0, 0.05) is 27.7 Å². The Morgan fingerprint density at radius 3 is 1.94 bits per heavy atom. The molecule has 8 aromatic carbocycles. The normalized spacial score (nSPS) is 13.5. The molecule has 0 atom stereocenters. The molecule has 0 aromatic heterocycles. The van der Waals surface area contributed by atoms with Crippen molar-refractivity contribution in [3.63, 3.8) is 0 Å². The van der Waals surface area contributed by atoms with E-state index in [1.54, 1.807) is 0 Å². The fourth-order valence-electron chi connectivity index (χ4n) is 8.25. The molecule has 3 nitrogen and oxygen atoms in total. The van der Waals surface area contributed by atoms with Gasteiger partial charge in [-0.25, -0.2) is 0 Å². The van der Waals surface area contributed by atoms with E-state index in [9.17, 15) is 0 Å². The maximum absolute atomic E-state index is 6.67. The Bertz CT molecular complexity index is 2630. The van der Waals surface area contributed by atoms with E-state index in [1.807, 2.05) is 0 Å². The van der Waals surface area contributed by atoms with Crippen LogP contribution >= 0.6 is 0 Å². The van der Waals surface area contributed by atoms with Crippen molar-refractivity contribution in [1.82, 2.24) is 0 Å². The molecule has 0 amide bonds. The van der Waals surface area contributed by atoms with Crippen LogP contribution in [0.2, 0.25) is 0 Å². The number of para-hydroxylation sites is 2. The first-order valence-corrected chi connectivity index (χ1v) is 17.9. The van der Waals surface area contributed by atoms with Gasteiger partial charge in [-0.05, 0) is 81.7 Å². The smallest absolute Gasteiger partial charge is 0.152 e. The molecule has 2 heterocycles. The number of fused-ring (bicyclic) bond motifs is 6. The molecule has 0 saturated heterocycles. The summed E-state index contributed by atoms with van der Waals surface area (Å²) in [4.78, 5) is 4.87. The molecule has 0 fully saturated rings. The average Bonchev–Trinajstić information content (AvgIpc) is 3.20. The first-order valence-electron chi connectivity index (χ1n) is 17.9. The molecule has 2 aliphatic heterocycles. The number of hydrogen-bond acceptors (Lipinski definition) is 3. The number of anilines is 6. The summed E-state index contributed by atoms with van der Waals surface area (Å²) in [6.07, 6.45) is 0. The predicted molar refractivity (Wildman–Crippen MR) is 216 cm³/mol. The van der Waals surface area contributed by atoms with E-state index in [2.05, 4.69) is 206 Å². The van der Waals surface area contributed by atoms with Crippen LogP contribution in [0.5, 0.6) is 11.5 Å². The molecule has 52 heavy (non-hydrogen) atoms. The second-order valence-corrected chi connectivity index (χ2v) is 14.2. The monoisotopic (exact) mass is 668 g/mol. The summed E-state index contributed by atoms with van der Waals surface area (Å²) in [5, 5.41) is 2.36. The van der Waals surface area contributed by atoms with Crippen molar-refractivity contribution in [2.24, 2.45) is 0 Å². The minimum atomic E-state index is -0.305. The van der Waals surface area contributed by atoms with Gasteiger partial charge in [0.25, 0.3) is 0 Å². The van der Waals surface area contributed by atoms with Crippen molar-refractivity contribution in [2.45, 2.75) is 19.3 Å². The van der Waals surface area contributed by atoms with E-state index < -0.39 is 0 Å². The largest absolute Gasteiger partial charge is 0.453 e. The van der Waals surface area contributed by atoms with Gasteiger partial charge in [-0.1, -0.05) is 147 Å². The van der Waals surface area contributed by atoms with Crippen LogP contribution in [0.25, 0.3) is 33.0 Å². The maximum atomic E-state index is 6.67. The van der Waals surface area contributed by atoms with Gasteiger partial charge >= 0.3 is 0 Å². The summed E-state index contributed by atoms with van der Waals surface area (Å²) in [5.74, 6) is 1.76. The molecule has 0 radical (unpaired) electrons. The van der Waals surface area contributed by atoms with Crippen LogP contribution in [0.3, 0.4) is 0 Å². The van der Waals surface area contributed by atoms with Crippen molar-refractivity contribution in [2.75, 3.05) is 9.80 Å². The van der Waals surface area contributed by atoms with Crippen LogP contribution in [0.1, 0.15) is 25.0 Å². The Hall–Kier alpha value is -6.58. The fourth-order valence-corrected chi connectivity index (χ4v) is 8.25. The first-order chi connectivity index (χ1) is 25.6. The molecule has 248 valence electrons. The summed E-state index contributed by atoms with van der Waals surface area (Å²) in [5.41, 5.74) is 13.7. The van der Waals surface area contributed by atoms with Crippen molar-refractivity contribution < 1.29 is 4.74 Å². The Labute approximate surface area is 304 Å². The van der Waals surface area contributed by atoms with Crippen LogP contribution in [0, 0.1) is 0 Å². The van der Waals surface area contributed by atoms with Crippen molar-refractivity contribution >= 4 is 44.9 Å². The summed E-state index contributed by atoms with van der Waals surface area (Å²) >= 11 is 0. The van der Waals surface area contributed by atoms with Crippen LogP contribution in [0.4, 0.5) is 34.1 Å². The highest BCUT2D eigenvalue weighted by molar-refractivity contribution is 6.06. The lowest BCUT2D eigenvalue weighted by molar-refractivity contribution is 0.472. The van der Waals surface area contributed by atoms with Gasteiger partial charge in [-0.3, -0.25) is 0 Å². The average molecular weight is 669 g/mol. The highest BCUT2D eigenvalue weighted by Gasteiger charge is 2.42. The van der Waals surface area contributed by atoms with Gasteiger partial charge in [0.2, 0.25) is 0 Å². The van der Waals surface area contributed by atoms with Crippen LogP contribution < -0.4 is 14.5 Å². The van der Waals surface area contributed by atoms with Gasteiger partial charge < -0.3 is 14.5 Å². The third-order valence-corrected chi connectivity index (χ3v) is 10.8. The molecule has 8 aromatic rings. The van der Waals surface area contributed by atoms with Crippen molar-refractivity contribution in [3.05, 3.63) is 193 Å². The van der Waals surface area contributed by atoms with Gasteiger partial charge in [0.15, 0.2) is 11.5 Å². The highest BCUT2D eigenvalue weighted by atomic mass is 16.5. The SMILES string of the molecule is CC1(C)c2cc(N(c3ccc(-c4ccccc4)cc3)c3ccccc3-c3ccccc3)ccc2N2c3c(cccc31)Oc1ccc3ccccc3c12. The summed E-state index contributed by atoms with van der Waals surface area (Å²) < 4.78 is 6.67. The number of ether oxygens (including phenoxy) is 1. The Balaban J connectivity index is 1.20. The molecular formula is C49H36N2O. The number of rotatable bonds is 5. The third kappa shape index (κ3) is 4.66. The summed E-state index contributed by atoms with van der Waals surface area (Å²) in [7, 11) is 0. The number of benzene rings is 8. The lowest BCUT2D eigenvalue weighted by Crippen LogP contribution is -2.32. The number of nitrogens with zero attached hydrogens (tertiary/aromatic N) is 2. The molecule has 0 saturated carbocycles. The van der Waals surface area contributed by atoms with E-state index >= 15 is 0 Å². The minimum absolute atomic E-state index is 0.305. The zero-order valence-electron chi connectivity index (χ0n) is 29.1. The van der Waals surface area contributed by atoms with Crippen LogP contribution in [0.15, 0.2) is 182 Å². The molecule has 0 bridgehead atoms. The molecule has 3 heteroatoms. The quantitative estimate of drug-likeness (QED) is 0.182. The lowest BCUT2D eigenvalue weighted by atomic mass is 9.73. The highest BCUT2D eigenvalue weighted by Crippen LogP contribution is 2.61. The Morgan fingerprint density at radius 2 is 1.13 bits per heavy atom. The molecule has 0 unspecified atom stereocenters. The van der Waals surface area contributed by atoms with Gasteiger partial charge in [-0.2, -0.15) is 0 Å². The van der Waals surface area contributed by atoms with E-state index in [1.165, 1.54) is 49.8 Å². The molecule has 2 aliphatic rings. The lowest BCUT2D eigenvalue weighted by Gasteiger charge is -2.45.